The van der Waals surface area contributed by atoms with Gasteiger partial charge in [-0.2, -0.15) is 0 Å². The van der Waals surface area contributed by atoms with Gasteiger partial charge in [-0.1, -0.05) is 63.3 Å². The number of hydrogen-bond acceptors (Lipinski definition) is 4. The van der Waals surface area contributed by atoms with Gasteiger partial charge in [0, 0.05) is 6.42 Å². The molecule has 33 heavy (non-hydrogen) atoms. The molecule has 184 valence electrons. The summed E-state index contributed by atoms with van der Waals surface area (Å²) in [6.45, 7) is 13.1. The molecule has 0 spiro atoms. The van der Waals surface area contributed by atoms with Crippen LogP contribution in [0.4, 0.5) is 0 Å². The Morgan fingerprint density at radius 2 is 2.00 bits per heavy atom. The van der Waals surface area contributed by atoms with Crippen LogP contribution in [0.3, 0.4) is 0 Å². The van der Waals surface area contributed by atoms with Gasteiger partial charge >= 0.3 is 0 Å². The average molecular weight is 457 g/mol. The van der Waals surface area contributed by atoms with E-state index < -0.39 is 17.8 Å². The van der Waals surface area contributed by atoms with Crippen molar-refractivity contribution in [3.05, 3.63) is 59.3 Å². The van der Waals surface area contributed by atoms with Gasteiger partial charge in [-0.15, -0.1) is 0 Å². The van der Waals surface area contributed by atoms with Gasteiger partial charge in [0.25, 0.3) is 0 Å². The van der Waals surface area contributed by atoms with Gasteiger partial charge in [0.15, 0.2) is 0 Å². The quantitative estimate of drug-likeness (QED) is 0.418. The van der Waals surface area contributed by atoms with Gasteiger partial charge in [0.05, 0.1) is 30.5 Å². The van der Waals surface area contributed by atoms with Crippen LogP contribution in [0.25, 0.3) is 0 Å². The Labute approximate surface area is 200 Å². The molecule has 3 rings (SSSR count). The van der Waals surface area contributed by atoms with E-state index in [0.29, 0.717) is 38.2 Å². The molecule has 3 aliphatic rings. The molecule has 4 nitrogen and oxygen atoms in total. The smallest absolute Gasteiger partial charge is 0.0823 e. The Bertz CT molecular complexity index is 829. The van der Waals surface area contributed by atoms with Crippen molar-refractivity contribution in [2.45, 2.75) is 103 Å². The van der Waals surface area contributed by atoms with Crippen LogP contribution in [0.15, 0.2) is 59.3 Å². The summed E-state index contributed by atoms with van der Waals surface area (Å²) in [5.41, 5.74) is 3.93. The molecule has 3 N–H and O–H groups in total. The van der Waals surface area contributed by atoms with E-state index in [1.807, 2.05) is 26.0 Å². The van der Waals surface area contributed by atoms with Gasteiger partial charge in [0.1, 0.15) is 0 Å². The molecule has 3 aliphatic carbocycles. The lowest BCUT2D eigenvalue weighted by atomic mass is 9.63. The molecule has 2 saturated carbocycles. The molecule has 0 aromatic carbocycles. The minimum Gasteiger partial charge on any atom is -0.393 e. The number of allylic oxidation sites excluding steroid dienone is 4. The first-order chi connectivity index (χ1) is 15.6. The summed E-state index contributed by atoms with van der Waals surface area (Å²) in [7, 11) is 0. The van der Waals surface area contributed by atoms with Crippen molar-refractivity contribution in [3.63, 3.8) is 0 Å². The maximum atomic E-state index is 10.4. The molecular weight excluding hydrogens is 412 g/mol. The van der Waals surface area contributed by atoms with E-state index in [0.717, 1.165) is 36.8 Å². The molecule has 5 atom stereocenters. The Hall–Kier alpha value is -1.46. The first-order valence-electron chi connectivity index (χ1n) is 12.8. The van der Waals surface area contributed by atoms with Gasteiger partial charge in [0.2, 0.25) is 0 Å². The lowest BCUT2D eigenvalue weighted by Gasteiger charge is -2.42. The molecule has 0 heterocycles. The molecule has 0 bridgehead atoms. The Morgan fingerprint density at radius 3 is 2.70 bits per heavy atom. The van der Waals surface area contributed by atoms with Gasteiger partial charge < -0.3 is 20.1 Å². The average Bonchev–Trinajstić information content (AvgIpc) is 3.15. The second-order valence-electron chi connectivity index (χ2n) is 10.5. The Kier molecular flexibility index (Phi) is 8.60. The van der Waals surface area contributed by atoms with Crippen molar-refractivity contribution in [3.8, 4) is 0 Å². The number of fused-ring (bicyclic) bond motifs is 1. The van der Waals surface area contributed by atoms with Crippen LogP contribution >= 0.6 is 0 Å². The highest BCUT2D eigenvalue weighted by Gasteiger charge is 2.46. The number of rotatable bonds is 8. The Morgan fingerprint density at radius 1 is 1.27 bits per heavy atom. The van der Waals surface area contributed by atoms with Gasteiger partial charge in [-0.3, -0.25) is 0 Å². The third-order valence-electron chi connectivity index (χ3n) is 8.41. The predicted molar refractivity (Wildman–Crippen MR) is 135 cm³/mol. The van der Waals surface area contributed by atoms with E-state index in [9.17, 15) is 15.3 Å². The molecule has 4 heteroatoms. The molecule has 0 aromatic heterocycles. The van der Waals surface area contributed by atoms with Crippen LogP contribution < -0.4 is 0 Å². The highest BCUT2D eigenvalue weighted by Crippen LogP contribution is 2.55. The van der Waals surface area contributed by atoms with Crippen LogP contribution in [0.1, 0.15) is 79.1 Å². The second kappa shape index (κ2) is 10.9. The van der Waals surface area contributed by atoms with Crippen LogP contribution in [-0.4, -0.2) is 45.8 Å². The summed E-state index contributed by atoms with van der Waals surface area (Å²) in [6.07, 6.45) is 16.2. The fourth-order valence-electron chi connectivity index (χ4n) is 5.99. The third-order valence-corrected chi connectivity index (χ3v) is 8.41. The van der Waals surface area contributed by atoms with E-state index >= 15 is 0 Å². The van der Waals surface area contributed by atoms with Gasteiger partial charge in [-0.25, -0.2) is 0 Å². The van der Waals surface area contributed by atoms with Crippen molar-refractivity contribution in [2.75, 3.05) is 6.61 Å². The highest BCUT2D eigenvalue weighted by atomic mass is 16.5. The molecule has 0 aromatic rings. The van der Waals surface area contributed by atoms with E-state index in [-0.39, 0.29) is 11.5 Å². The fraction of sp³-hybridized carbons (Fsp3) is 0.655. The minimum atomic E-state index is -0.733. The predicted octanol–water partition coefficient (Wildman–Crippen LogP) is 5.56. The molecule has 0 saturated heterocycles. The summed E-state index contributed by atoms with van der Waals surface area (Å²) in [4.78, 5) is 0. The SMILES string of the molecule is C=C1C(=CC=C2CCC[C@]3(C)C([C@@H](C)OC/C=C\C(O)(CC)CC)=CC[C@@H]23)C[C@@H](O)C[C@@H]1O. The second-order valence-corrected chi connectivity index (χ2v) is 10.5. The molecule has 2 fully saturated rings. The normalized spacial score (nSPS) is 34.2. The van der Waals surface area contributed by atoms with Crippen LogP contribution in [0, 0.1) is 11.3 Å². The maximum absolute atomic E-state index is 10.4. The summed E-state index contributed by atoms with van der Waals surface area (Å²) in [5, 5.41) is 30.6. The van der Waals surface area contributed by atoms with E-state index in [1.165, 1.54) is 11.1 Å². The monoisotopic (exact) mass is 456 g/mol. The van der Waals surface area contributed by atoms with Crippen molar-refractivity contribution in [2.24, 2.45) is 11.3 Å². The summed E-state index contributed by atoms with van der Waals surface area (Å²) >= 11 is 0. The van der Waals surface area contributed by atoms with Gasteiger partial charge in [-0.05, 0) is 79.9 Å². The first kappa shape index (κ1) is 26.2. The van der Waals surface area contributed by atoms with E-state index in [1.54, 1.807) is 0 Å². The summed E-state index contributed by atoms with van der Waals surface area (Å²) in [6, 6.07) is 0. The van der Waals surface area contributed by atoms with Crippen molar-refractivity contribution >= 4 is 0 Å². The largest absolute Gasteiger partial charge is 0.393 e. The highest BCUT2D eigenvalue weighted by molar-refractivity contribution is 5.40. The number of ether oxygens (including phenoxy) is 1. The molecule has 0 aliphatic heterocycles. The van der Waals surface area contributed by atoms with Crippen LogP contribution in [0.2, 0.25) is 0 Å². The molecule has 0 amide bonds. The zero-order valence-corrected chi connectivity index (χ0v) is 21.0. The van der Waals surface area contributed by atoms with Crippen molar-refractivity contribution in [1.29, 1.82) is 0 Å². The van der Waals surface area contributed by atoms with E-state index in [4.69, 9.17) is 4.74 Å². The number of hydrogen-bond donors (Lipinski definition) is 3. The standard InChI is InChI=1S/C29H44O4/c1-6-29(32,7-2)16-9-17-33-21(4)25-13-14-26-22(10-8-15-28(25,26)5)11-12-23-18-24(30)19-27(31)20(23)3/h9,11-13,16,21,24,26-27,30-32H,3,6-8,10,14-15,17-19H2,1-2,4-5H3/b16-9-,22-11?,23-12?/t21-,24-,26+,27+,28-/m1/s1. The molecule has 0 unspecified atom stereocenters. The van der Waals surface area contributed by atoms with E-state index in [2.05, 4.69) is 38.7 Å². The number of aliphatic hydroxyl groups is 3. The zero-order valence-electron chi connectivity index (χ0n) is 21.0. The zero-order chi connectivity index (χ0) is 24.2. The third kappa shape index (κ3) is 5.79. The molecular formula is C29H44O4. The summed E-state index contributed by atoms with van der Waals surface area (Å²) in [5.74, 6) is 0.469. The number of aliphatic hydroxyl groups excluding tert-OH is 2. The van der Waals surface area contributed by atoms with Crippen molar-refractivity contribution < 1.29 is 20.1 Å². The van der Waals surface area contributed by atoms with Crippen LogP contribution in [-0.2, 0) is 4.74 Å². The first-order valence-corrected chi connectivity index (χ1v) is 12.8. The Balaban J connectivity index is 1.67. The lowest BCUT2D eigenvalue weighted by Crippen LogP contribution is -2.34. The lowest BCUT2D eigenvalue weighted by molar-refractivity contribution is 0.0739. The summed E-state index contributed by atoms with van der Waals surface area (Å²) < 4.78 is 6.19. The van der Waals surface area contributed by atoms with Crippen LogP contribution in [0.5, 0.6) is 0 Å². The maximum Gasteiger partial charge on any atom is 0.0823 e. The van der Waals surface area contributed by atoms with Crippen molar-refractivity contribution in [1.82, 2.24) is 0 Å². The minimum absolute atomic E-state index is 0.0436. The topological polar surface area (TPSA) is 69.9 Å². The molecule has 0 radical (unpaired) electrons. The fourth-order valence-corrected chi connectivity index (χ4v) is 5.99.